The van der Waals surface area contributed by atoms with E-state index in [1.54, 1.807) is 6.20 Å². The third kappa shape index (κ3) is 3.38. The maximum atomic E-state index is 12.0. The number of nitrogens with zero attached hydrogens (tertiary/aromatic N) is 6. The van der Waals surface area contributed by atoms with Gasteiger partial charge in [0, 0.05) is 44.0 Å². The molecule has 8 nitrogen and oxygen atoms in total. The molecule has 2 aliphatic rings. The monoisotopic (exact) mass is 343 g/mol. The van der Waals surface area contributed by atoms with Gasteiger partial charge in [-0.1, -0.05) is 0 Å². The molecule has 0 aromatic carbocycles. The Morgan fingerprint density at radius 2 is 2.04 bits per heavy atom. The predicted molar refractivity (Wildman–Crippen MR) is 92.2 cm³/mol. The number of aromatic nitrogens is 5. The number of hydrogen-bond donors (Lipinski definition) is 1. The van der Waals surface area contributed by atoms with Gasteiger partial charge in [-0.25, -0.2) is 4.79 Å². The van der Waals surface area contributed by atoms with Crippen molar-refractivity contribution in [3.05, 3.63) is 30.1 Å². The van der Waals surface area contributed by atoms with Crippen LogP contribution in [0.15, 0.2) is 18.5 Å². The molecule has 134 valence electrons. The molecule has 2 fully saturated rings. The zero-order valence-electron chi connectivity index (χ0n) is 14.6. The minimum Gasteiger partial charge on any atom is -0.338 e. The van der Waals surface area contributed by atoms with Crippen LogP contribution in [0, 0.1) is 0 Å². The molecule has 8 heteroatoms. The van der Waals surface area contributed by atoms with Gasteiger partial charge in [-0.15, -0.1) is 10.2 Å². The van der Waals surface area contributed by atoms with E-state index in [-0.39, 0.29) is 6.03 Å². The van der Waals surface area contributed by atoms with E-state index in [4.69, 9.17) is 0 Å². The first-order chi connectivity index (χ1) is 12.3. The highest BCUT2D eigenvalue weighted by Crippen LogP contribution is 2.39. The van der Waals surface area contributed by atoms with E-state index in [0.29, 0.717) is 25.0 Å². The molecule has 0 bridgehead atoms. The molecule has 2 aromatic heterocycles. The Bertz CT molecular complexity index is 711. The Hall–Kier alpha value is -2.38. The maximum absolute atomic E-state index is 12.0. The van der Waals surface area contributed by atoms with Gasteiger partial charge in [-0.2, -0.15) is 5.10 Å². The standard InChI is InChI=1S/C17H25N7O/c1-2-18-17(25)22-10-6-13(7-11-22)16-21-20-15(24(16)14-4-5-14)12-23-9-3-8-19-23/h3,8-9,13-14H,2,4-7,10-12H2,1H3,(H,18,25). The molecule has 0 atom stereocenters. The van der Waals surface area contributed by atoms with Crippen LogP contribution in [-0.4, -0.2) is 55.1 Å². The molecule has 2 amide bonds. The number of hydrogen-bond acceptors (Lipinski definition) is 4. The van der Waals surface area contributed by atoms with Gasteiger partial charge in [0.05, 0.1) is 0 Å². The molecule has 0 spiro atoms. The van der Waals surface area contributed by atoms with Gasteiger partial charge in [0.2, 0.25) is 0 Å². The summed E-state index contributed by atoms with van der Waals surface area (Å²) in [5, 5.41) is 16.2. The van der Waals surface area contributed by atoms with Crippen LogP contribution >= 0.6 is 0 Å². The van der Waals surface area contributed by atoms with Gasteiger partial charge in [-0.3, -0.25) is 4.68 Å². The molecule has 25 heavy (non-hydrogen) atoms. The van der Waals surface area contributed by atoms with Gasteiger partial charge < -0.3 is 14.8 Å². The lowest BCUT2D eigenvalue weighted by atomic mass is 9.96. The lowest BCUT2D eigenvalue weighted by Gasteiger charge is -2.31. The fourth-order valence-electron chi connectivity index (χ4n) is 3.60. The highest BCUT2D eigenvalue weighted by Gasteiger charge is 2.34. The predicted octanol–water partition coefficient (Wildman–Crippen LogP) is 1.77. The Morgan fingerprint density at radius 3 is 2.68 bits per heavy atom. The number of piperidine rings is 1. The van der Waals surface area contributed by atoms with E-state index in [0.717, 1.165) is 37.6 Å². The molecule has 1 aliphatic carbocycles. The summed E-state index contributed by atoms with van der Waals surface area (Å²) in [5.74, 6) is 2.47. The fraction of sp³-hybridized carbons (Fsp3) is 0.647. The second-order valence-electron chi connectivity index (χ2n) is 6.88. The van der Waals surface area contributed by atoms with E-state index in [2.05, 4.69) is 25.2 Å². The molecule has 1 aliphatic heterocycles. The van der Waals surface area contributed by atoms with Crippen molar-refractivity contribution in [1.82, 2.24) is 34.8 Å². The Morgan fingerprint density at radius 1 is 1.24 bits per heavy atom. The van der Waals surface area contributed by atoms with Crippen molar-refractivity contribution in [2.45, 2.75) is 51.1 Å². The second-order valence-corrected chi connectivity index (χ2v) is 6.88. The summed E-state index contributed by atoms with van der Waals surface area (Å²) in [6, 6.07) is 2.51. The van der Waals surface area contributed by atoms with Crippen molar-refractivity contribution < 1.29 is 4.79 Å². The summed E-state index contributed by atoms with van der Waals surface area (Å²) in [4.78, 5) is 13.9. The molecule has 1 saturated carbocycles. The van der Waals surface area contributed by atoms with Crippen LogP contribution in [0.3, 0.4) is 0 Å². The third-order valence-corrected chi connectivity index (χ3v) is 5.04. The molecule has 0 unspecified atom stereocenters. The van der Waals surface area contributed by atoms with Gasteiger partial charge in [0.15, 0.2) is 5.82 Å². The van der Waals surface area contributed by atoms with E-state index in [9.17, 15) is 4.79 Å². The average Bonchev–Trinajstić information content (AvgIpc) is 3.17. The van der Waals surface area contributed by atoms with Gasteiger partial charge in [-0.05, 0) is 38.7 Å². The Balaban J connectivity index is 1.48. The van der Waals surface area contributed by atoms with Crippen molar-refractivity contribution >= 4 is 6.03 Å². The molecule has 2 aromatic rings. The molecule has 1 saturated heterocycles. The van der Waals surface area contributed by atoms with Gasteiger partial charge in [0.25, 0.3) is 0 Å². The van der Waals surface area contributed by atoms with Crippen molar-refractivity contribution in [3.63, 3.8) is 0 Å². The van der Waals surface area contributed by atoms with Crippen molar-refractivity contribution in [3.8, 4) is 0 Å². The van der Waals surface area contributed by atoms with Crippen LogP contribution in [0.25, 0.3) is 0 Å². The quantitative estimate of drug-likeness (QED) is 0.897. The topological polar surface area (TPSA) is 80.9 Å². The maximum Gasteiger partial charge on any atom is 0.317 e. The van der Waals surface area contributed by atoms with Crippen LogP contribution < -0.4 is 5.32 Å². The minimum absolute atomic E-state index is 0.0454. The summed E-state index contributed by atoms with van der Waals surface area (Å²) in [6.07, 6.45) is 8.05. The van der Waals surface area contributed by atoms with E-state index >= 15 is 0 Å². The summed E-state index contributed by atoms with van der Waals surface area (Å²) in [5.41, 5.74) is 0. The lowest BCUT2D eigenvalue weighted by Crippen LogP contribution is -2.44. The van der Waals surface area contributed by atoms with Crippen LogP contribution in [0.5, 0.6) is 0 Å². The van der Waals surface area contributed by atoms with Gasteiger partial charge >= 0.3 is 6.03 Å². The largest absolute Gasteiger partial charge is 0.338 e. The van der Waals surface area contributed by atoms with E-state index in [1.165, 1.54) is 12.8 Å². The SMILES string of the molecule is CCNC(=O)N1CCC(c2nnc(Cn3cccn3)n2C2CC2)CC1. The van der Waals surface area contributed by atoms with Crippen LogP contribution in [-0.2, 0) is 6.54 Å². The van der Waals surface area contributed by atoms with Crippen molar-refractivity contribution in [2.24, 2.45) is 0 Å². The molecule has 4 rings (SSSR count). The van der Waals surface area contributed by atoms with E-state index in [1.807, 2.05) is 28.8 Å². The molecular weight excluding hydrogens is 318 g/mol. The highest BCUT2D eigenvalue weighted by molar-refractivity contribution is 5.74. The smallest absolute Gasteiger partial charge is 0.317 e. The number of carbonyl (C=O) groups is 1. The number of nitrogens with one attached hydrogen (secondary N) is 1. The number of rotatable bonds is 5. The number of urea groups is 1. The van der Waals surface area contributed by atoms with Crippen LogP contribution in [0.1, 0.15) is 56.2 Å². The Labute approximate surface area is 147 Å². The summed E-state index contributed by atoms with van der Waals surface area (Å²) in [6.45, 7) is 4.84. The van der Waals surface area contributed by atoms with Crippen LogP contribution in [0.4, 0.5) is 4.79 Å². The molecule has 3 heterocycles. The number of amides is 2. The minimum atomic E-state index is 0.0454. The van der Waals surface area contributed by atoms with Crippen molar-refractivity contribution in [2.75, 3.05) is 19.6 Å². The first-order valence-electron chi connectivity index (χ1n) is 9.20. The first-order valence-corrected chi connectivity index (χ1v) is 9.20. The summed E-state index contributed by atoms with van der Waals surface area (Å²) >= 11 is 0. The Kier molecular flexibility index (Phi) is 4.42. The highest BCUT2D eigenvalue weighted by atomic mass is 16.2. The van der Waals surface area contributed by atoms with Crippen LogP contribution in [0.2, 0.25) is 0 Å². The third-order valence-electron chi connectivity index (χ3n) is 5.04. The molecular formula is C17H25N7O. The fourth-order valence-corrected chi connectivity index (χ4v) is 3.60. The zero-order valence-corrected chi connectivity index (χ0v) is 14.6. The number of carbonyl (C=O) groups excluding carboxylic acids is 1. The van der Waals surface area contributed by atoms with Gasteiger partial charge in [0.1, 0.15) is 12.4 Å². The second kappa shape index (κ2) is 6.85. The average molecular weight is 343 g/mol. The molecule has 1 N–H and O–H groups in total. The van der Waals surface area contributed by atoms with E-state index < -0.39 is 0 Å². The zero-order chi connectivity index (χ0) is 17.2. The number of likely N-dealkylation sites (tertiary alicyclic amines) is 1. The summed E-state index contributed by atoms with van der Waals surface area (Å²) < 4.78 is 4.23. The molecule has 0 radical (unpaired) electrons. The normalized spacial score (nSPS) is 18.5. The first kappa shape index (κ1) is 16.1. The lowest BCUT2D eigenvalue weighted by molar-refractivity contribution is 0.180. The summed E-state index contributed by atoms with van der Waals surface area (Å²) in [7, 11) is 0. The van der Waals surface area contributed by atoms with Crippen molar-refractivity contribution in [1.29, 1.82) is 0 Å².